The molecule has 1 aliphatic heterocycles. The first kappa shape index (κ1) is 9.30. The van der Waals surface area contributed by atoms with E-state index in [0.29, 0.717) is 0 Å². The number of thiazole rings is 1. The van der Waals surface area contributed by atoms with Gasteiger partial charge in [0.05, 0.1) is 11.5 Å². The average Bonchev–Trinajstić information content (AvgIpc) is 2.67. The number of hydrogen-bond donors (Lipinski definition) is 1. The summed E-state index contributed by atoms with van der Waals surface area (Å²) in [5.74, 6) is 2.38. The molecule has 2 heterocycles. The largest absolute Gasteiger partial charge is 0.391 e. The molecule has 0 aromatic carbocycles. The number of aliphatic hydroxyl groups excluding tert-OH is 1. The number of hydrogen-bond acceptors (Lipinski definition) is 5. The van der Waals surface area contributed by atoms with Gasteiger partial charge in [-0.05, 0) is 0 Å². The number of thioether (sulfide) groups is 1. The van der Waals surface area contributed by atoms with Crippen LogP contribution in [0.15, 0.2) is 6.20 Å². The molecule has 0 spiro atoms. The fraction of sp³-hybridized carbons (Fsp3) is 0.625. The Hall–Kier alpha value is -0.260. The van der Waals surface area contributed by atoms with Crippen LogP contribution >= 0.6 is 23.1 Å². The van der Waals surface area contributed by atoms with Crippen molar-refractivity contribution < 1.29 is 5.11 Å². The van der Waals surface area contributed by atoms with Gasteiger partial charge in [-0.15, -0.1) is 0 Å². The number of aliphatic hydroxyl groups is 1. The van der Waals surface area contributed by atoms with Crippen LogP contribution in [0, 0.1) is 0 Å². The van der Waals surface area contributed by atoms with Crippen LogP contribution < -0.4 is 4.90 Å². The van der Waals surface area contributed by atoms with E-state index in [9.17, 15) is 0 Å². The molecule has 1 aliphatic rings. The van der Waals surface area contributed by atoms with E-state index >= 15 is 0 Å². The highest BCUT2D eigenvalue weighted by molar-refractivity contribution is 7.99. The first-order valence-corrected chi connectivity index (χ1v) is 6.25. The Morgan fingerprint density at radius 3 is 2.85 bits per heavy atom. The van der Waals surface area contributed by atoms with Gasteiger partial charge in [-0.2, -0.15) is 11.8 Å². The maximum atomic E-state index is 8.90. The van der Waals surface area contributed by atoms with Crippen molar-refractivity contribution >= 4 is 28.2 Å². The van der Waals surface area contributed by atoms with E-state index in [0.717, 1.165) is 23.1 Å². The zero-order valence-corrected chi connectivity index (χ0v) is 8.90. The molecule has 0 saturated carbocycles. The third-order valence-corrected chi connectivity index (χ3v) is 3.96. The number of aromatic nitrogens is 1. The van der Waals surface area contributed by atoms with Crippen LogP contribution in [0.3, 0.4) is 0 Å². The van der Waals surface area contributed by atoms with Crippen molar-refractivity contribution in [3.63, 3.8) is 0 Å². The molecule has 0 unspecified atom stereocenters. The van der Waals surface area contributed by atoms with E-state index in [1.165, 1.54) is 11.5 Å². The van der Waals surface area contributed by atoms with Crippen LogP contribution in [0.25, 0.3) is 0 Å². The summed E-state index contributed by atoms with van der Waals surface area (Å²) in [6.45, 7) is 2.28. The Morgan fingerprint density at radius 1 is 1.46 bits per heavy atom. The third-order valence-electron chi connectivity index (χ3n) is 1.98. The van der Waals surface area contributed by atoms with Gasteiger partial charge in [0.25, 0.3) is 0 Å². The average molecular weight is 216 g/mol. The molecule has 0 bridgehead atoms. The second-order valence-electron chi connectivity index (χ2n) is 2.87. The van der Waals surface area contributed by atoms with Gasteiger partial charge in [-0.25, -0.2) is 4.98 Å². The smallest absolute Gasteiger partial charge is 0.185 e. The Balaban J connectivity index is 2.05. The predicted molar refractivity (Wildman–Crippen MR) is 57.6 cm³/mol. The molecular formula is C8H12N2OS2. The van der Waals surface area contributed by atoms with E-state index in [1.807, 2.05) is 11.8 Å². The minimum atomic E-state index is 0.111. The SMILES string of the molecule is OCc1cnc(N2CCSCC2)s1. The molecular weight excluding hydrogens is 204 g/mol. The van der Waals surface area contributed by atoms with E-state index in [2.05, 4.69) is 9.88 Å². The fourth-order valence-electron chi connectivity index (χ4n) is 1.27. The fourth-order valence-corrected chi connectivity index (χ4v) is 3.00. The standard InChI is InChI=1S/C8H12N2OS2/c11-6-7-5-9-8(13-7)10-1-3-12-4-2-10/h5,11H,1-4,6H2. The second kappa shape index (κ2) is 4.30. The van der Waals surface area contributed by atoms with Gasteiger partial charge in [-0.3, -0.25) is 0 Å². The van der Waals surface area contributed by atoms with Gasteiger partial charge in [0.2, 0.25) is 0 Å². The summed E-state index contributed by atoms with van der Waals surface area (Å²) in [7, 11) is 0. The lowest BCUT2D eigenvalue weighted by molar-refractivity contribution is 0.285. The van der Waals surface area contributed by atoms with Gasteiger partial charge in [0.1, 0.15) is 0 Å². The Labute approximate surface area is 85.8 Å². The predicted octanol–water partition coefficient (Wildman–Crippen LogP) is 1.19. The Kier molecular flexibility index (Phi) is 3.08. The summed E-state index contributed by atoms with van der Waals surface area (Å²) in [6, 6.07) is 0. The van der Waals surface area contributed by atoms with Gasteiger partial charge in [-0.1, -0.05) is 11.3 Å². The van der Waals surface area contributed by atoms with Crippen molar-refractivity contribution in [1.29, 1.82) is 0 Å². The van der Waals surface area contributed by atoms with Gasteiger partial charge in [0, 0.05) is 30.8 Å². The molecule has 5 heteroatoms. The normalized spacial score (nSPS) is 17.8. The first-order chi connectivity index (χ1) is 6.40. The van der Waals surface area contributed by atoms with Crippen molar-refractivity contribution in [2.75, 3.05) is 29.5 Å². The van der Waals surface area contributed by atoms with Crippen LogP contribution in [0.5, 0.6) is 0 Å². The number of anilines is 1. The third kappa shape index (κ3) is 2.15. The molecule has 1 aromatic rings. The number of rotatable bonds is 2. The number of nitrogens with zero attached hydrogens (tertiary/aromatic N) is 2. The molecule has 0 atom stereocenters. The molecule has 2 rings (SSSR count). The molecule has 1 aromatic heterocycles. The summed E-state index contributed by atoms with van der Waals surface area (Å²) >= 11 is 3.59. The molecule has 1 saturated heterocycles. The van der Waals surface area contributed by atoms with Crippen LogP contribution in [-0.2, 0) is 6.61 Å². The molecule has 1 fully saturated rings. The first-order valence-electron chi connectivity index (χ1n) is 4.28. The molecule has 0 aliphatic carbocycles. The maximum Gasteiger partial charge on any atom is 0.185 e. The Morgan fingerprint density at radius 2 is 2.23 bits per heavy atom. The lowest BCUT2D eigenvalue weighted by atomic mass is 10.5. The molecule has 0 radical (unpaired) electrons. The van der Waals surface area contributed by atoms with Crippen LogP contribution in [-0.4, -0.2) is 34.7 Å². The zero-order chi connectivity index (χ0) is 9.10. The van der Waals surface area contributed by atoms with Crippen molar-refractivity contribution in [3.8, 4) is 0 Å². The van der Waals surface area contributed by atoms with E-state index < -0.39 is 0 Å². The second-order valence-corrected chi connectivity index (χ2v) is 5.19. The van der Waals surface area contributed by atoms with E-state index in [1.54, 1.807) is 17.5 Å². The summed E-state index contributed by atoms with van der Waals surface area (Å²) in [4.78, 5) is 7.53. The highest BCUT2D eigenvalue weighted by atomic mass is 32.2. The van der Waals surface area contributed by atoms with Crippen LogP contribution in [0.1, 0.15) is 4.88 Å². The van der Waals surface area contributed by atoms with Gasteiger partial charge < -0.3 is 10.0 Å². The van der Waals surface area contributed by atoms with Crippen LogP contribution in [0.4, 0.5) is 5.13 Å². The molecule has 1 N–H and O–H groups in total. The lowest BCUT2D eigenvalue weighted by Gasteiger charge is -2.25. The van der Waals surface area contributed by atoms with Gasteiger partial charge in [0.15, 0.2) is 5.13 Å². The van der Waals surface area contributed by atoms with E-state index in [-0.39, 0.29) is 6.61 Å². The minimum Gasteiger partial charge on any atom is -0.391 e. The summed E-state index contributed by atoms with van der Waals surface area (Å²) in [5.41, 5.74) is 0. The monoisotopic (exact) mass is 216 g/mol. The highest BCUT2D eigenvalue weighted by Crippen LogP contribution is 2.24. The minimum absolute atomic E-state index is 0.111. The topological polar surface area (TPSA) is 36.4 Å². The van der Waals surface area contributed by atoms with Crippen molar-refractivity contribution in [2.24, 2.45) is 0 Å². The molecule has 0 amide bonds. The zero-order valence-electron chi connectivity index (χ0n) is 7.27. The molecule has 13 heavy (non-hydrogen) atoms. The van der Waals surface area contributed by atoms with Crippen LogP contribution in [0.2, 0.25) is 0 Å². The quantitative estimate of drug-likeness (QED) is 0.805. The molecule has 3 nitrogen and oxygen atoms in total. The van der Waals surface area contributed by atoms with Gasteiger partial charge >= 0.3 is 0 Å². The van der Waals surface area contributed by atoms with Crippen molar-refractivity contribution in [1.82, 2.24) is 4.98 Å². The summed E-state index contributed by atoms with van der Waals surface area (Å²) in [5, 5.41) is 9.96. The highest BCUT2D eigenvalue weighted by Gasteiger charge is 2.13. The molecule has 72 valence electrons. The van der Waals surface area contributed by atoms with E-state index in [4.69, 9.17) is 5.11 Å². The summed E-state index contributed by atoms with van der Waals surface area (Å²) in [6.07, 6.45) is 1.77. The van der Waals surface area contributed by atoms with Crippen molar-refractivity contribution in [2.45, 2.75) is 6.61 Å². The lowest BCUT2D eigenvalue weighted by Crippen LogP contribution is -2.32. The van der Waals surface area contributed by atoms with Crippen molar-refractivity contribution in [3.05, 3.63) is 11.1 Å². The Bertz CT molecular complexity index is 271. The summed E-state index contributed by atoms with van der Waals surface area (Å²) < 4.78 is 0. The maximum absolute atomic E-state index is 8.90.